The lowest BCUT2D eigenvalue weighted by Crippen LogP contribution is -2.29. The number of aromatic carboxylic acids is 1. The maximum absolute atomic E-state index is 12.3. The van der Waals surface area contributed by atoms with Gasteiger partial charge in [-0.1, -0.05) is 30.3 Å². The van der Waals surface area contributed by atoms with Gasteiger partial charge in [-0.15, -0.1) is 22.7 Å². The number of carbonyl (C=O) groups is 2. The van der Waals surface area contributed by atoms with E-state index in [1.807, 2.05) is 5.38 Å². The molecule has 0 fully saturated rings. The molecule has 0 radical (unpaired) electrons. The minimum Gasteiger partial charge on any atom is -0.545 e. The molecular weight excluding hydrogens is 358 g/mol. The lowest BCUT2D eigenvalue weighted by molar-refractivity contribution is -0.255. The lowest BCUT2D eigenvalue weighted by Gasteiger charge is -2.01. The van der Waals surface area contributed by atoms with Gasteiger partial charge in [0, 0.05) is 13.1 Å². The van der Waals surface area contributed by atoms with E-state index >= 15 is 0 Å². The molecule has 5 nitrogen and oxygen atoms in total. The summed E-state index contributed by atoms with van der Waals surface area (Å²) < 4.78 is 2.45. The predicted molar refractivity (Wildman–Crippen MR) is 96.3 cm³/mol. The highest BCUT2D eigenvalue weighted by molar-refractivity contribution is 7.12. The molecule has 1 aromatic carbocycles. The van der Waals surface area contributed by atoms with Crippen LogP contribution in [0.2, 0.25) is 0 Å². The van der Waals surface area contributed by atoms with Crippen molar-refractivity contribution in [1.82, 2.24) is 4.57 Å². The van der Waals surface area contributed by atoms with E-state index in [1.165, 1.54) is 45.4 Å². The number of carboxylic acids is 1. The molecule has 0 aliphatic carbocycles. The highest BCUT2D eigenvalue weighted by Crippen LogP contribution is 2.09. The summed E-state index contributed by atoms with van der Waals surface area (Å²) in [6.45, 7) is 0. The zero-order valence-electron chi connectivity index (χ0n) is 13.1. The van der Waals surface area contributed by atoms with Crippen LogP contribution in [-0.4, -0.2) is 16.3 Å². The summed E-state index contributed by atoms with van der Waals surface area (Å²) in [6, 6.07) is 9.59. The SMILES string of the molecule is Cn1c(=O)/c(=C\c2ccc(C(=O)[O-])cc2)s/c1=C\C(=O)c1cccs1. The maximum atomic E-state index is 12.3. The third-order valence-corrected chi connectivity index (χ3v) is 5.52. The molecule has 0 atom stereocenters. The second kappa shape index (κ2) is 7.00. The van der Waals surface area contributed by atoms with Gasteiger partial charge in [-0.2, -0.15) is 0 Å². The van der Waals surface area contributed by atoms with Crippen LogP contribution in [-0.2, 0) is 7.05 Å². The number of Topliss-reactive ketones (excluding diaryl/α,β-unsaturated/α-hetero) is 1. The van der Waals surface area contributed by atoms with Gasteiger partial charge in [0.05, 0.1) is 15.4 Å². The Labute approximate surface area is 150 Å². The van der Waals surface area contributed by atoms with E-state index in [0.29, 0.717) is 19.6 Å². The summed E-state index contributed by atoms with van der Waals surface area (Å²) in [7, 11) is 1.61. The van der Waals surface area contributed by atoms with Gasteiger partial charge >= 0.3 is 0 Å². The smallest absolute Gasteiger partial charge is 0.268 e. The van der Waals surface area contributed by atoms with Crippen molar-refractivity contribution < 1.29 is 14.7 Å². The number of benzene rings is 1. The van der Waals surface area contributed by atoms with E-state index in [9.17, 15) is 19.5 Å². The molecule has 126 valence electrons. The van der Waals surface area contributed by atoms with Crippen LogP contribution in [0, 0.1) is 0 Å². The Morgan fingerprint density at radius 1 is 1.16 bits per heavy atom. The van der Waals surface area contributed by atoms with Gasteiger partial charge in [-0.3, -0.25) is 9.59 Å². The second-order valence-electron chi connectivity index (χ2n) is 5.21. The largest absolute Gasteiger partial charge is 0.545 e. The van der Waals surface area contributed by atoms with Gasteiger partial charge in [0.25, 0.3) is 5.56 Å². The van der Waals surface area contributed by atoms with Crippen molar-refractivity contribution in [2.45, 2.75) is 0 Å². The number of thiophene rings is 1. The van der Waals surface area contributed by atoms with Gasteiger partial charge in [0.2, 0.25) is 0 Å². The van der Waals surface area contributed by atoms with E-state index in [1.54, 1.807) is 37.4 Å². The first kappa shape index (κ1) is 17.1. The van der Waals surface area contributed by atoms with E-state index < -0.39 is 5.97 Å². The zero-order valence-corrected chi connectivity index (χ0v) is 14.7. The Balaban J connectivity index is 2.03. The summed E-state index contributed by atoms with van der Waals surface area (Å²) in [6.07, 6.45) is 3.12. The number of hydrogen-bond donors (Lipinski definition) is 0. The van der Waals surface area contributed by atoms with Gasteiger partial charge in [-0.25, -0.2) is 0 Å². The molecule has 7 heteroatoms. The van der Waals surface area contributed by atoms with Crippen LogP contribution in [0.25, 0.3) is 12.2 Å². The first-order chi connectivity index (χ1) is 12.0. The van der Waals surface area contributed by atoms with Gasteiger partial charge < -0.3 is 14.5 Å². The Bertz CT molecular complexity index is 1100. The Morgan fingerprint density at radius 2 is 1.88 bits per heavy atom. The number of carboxylic acid groups (broad SMARTS) is 1. The second-order valence-corrected chi connectivity index (χ2v) is 7.22. The van der Waals surface area contributed by atoms with Crippen molar-refractivity contribution in [3.63, 3.8) is 0 Å². The Hall–Kier alpha value is -2.77. The molecule has 2 aromatic heterocycles. The van der Waals surface area contributed by atoms with Gasteiger partial charge in [0.1, 0.15) is 4.66 Å². The van der Waals surface area contributed by atoms with E-state index in [4.69, 9.17) is 0 Å². The van der Waals surface area contributed by atoms with Crippen molar-refractivity contribution in [2.75, 3.05) is 0 Å². The minimum atomic E-state index is -1.25. The molecule has 0 N–H and O–H groups in total. The molecule has 0 spiro atoms. The van der Waals surface area contributed by atoms with Crippen LogP contribution in [0.1, 0.15) is 25.6 Å². The maximum Gasteiger partial charge on any atom is 0.268 e. The molecule has 0 saturated carbocycles. The van der Waals surface area contributed by atoms with Crippen LogP contribution in [0.5, 0.6) is 0 Å². The van der Waals surface area contributed by atoms with Gasteiger partial charge in [-0.05, 0) is 28.6 Å². The number of carbonyl (C=O) groups excluding carboxylic acids is 2. The molecule has 0 amide bonds. The molecule has 3 rings (SSSR count). The lowest BCUT2D eigenvalue weighted by atomic mass is 10.1. The van der Waals surface area contributed by atoms with Crippen LogP contribution >= 0.6 is 22.7 Å². The van der Waals surface area contributed by atoms with Crippen LogP contribution in [0.4, 0.5) is 0 Å². The molecule has 2 heterocycles. The molecule has 0 aliphatic heterocycles. The first-order valence-electron chi connectivity index (χ1n) is 7.24. The highest BCUT2D eigenvalue weighted by atomic mass is 32.1. The predicted octanol–water partition coefficient (Wildman–Crippen LogP) is 0.364. The van der Waals surface area contributed by atoms with E-state index in [0.717, 1.165) is 0 Å². The number of aromatic nitrogens is 1. The number of thiazole rings is 1. The summed E-state index contributed by atoms with van der Waals surface area (Å²) in [5.41, 5.74) is 0.561. The molecule has 0 saturated heterocycles. The molecule has 25 heavy (non-hydrogen) atoms. The monoisotopic (exact) mass is 370 g/mol. The first-order valence-corrected chi connectivity index (χ1v) is 8.94. The summed E-state index contributed by atoms with van der Waals surface area (Å²) in [5.74, 6) is -1.39. The summed E-state index contributed by atoms with van der Waals surface area (Å²) in [5, 5.41) is 12.6. The molecule has 0 aliphatic rings. The van der Waals surface area contributed by atoms with Crippen molar-refractivity contribution >= 4 is 46.6 Å². The minimum absolute atomic E-state index is 0.0757. The van der Waals surface area contributed by atoms with Crippen molar-refractivity contribution in [3.05, 3.63) is 77.3 Å². The Kier molecular flexibility index (Phi) is 4.78. The fourth-order valence-electron chi connectivity index (χ4n) is 2.18. The fourth-order valence-corrected chi connectivity index (χ4v) is 3.84. The average molecular weight is 370 g/mol. The van der Waals surface area contributed by atoms with E-state index in [2.05, 4.69) is 0 Å². The highest BCUT2D eigenvalue weighted by Gasteiger charge is 2.06. The van der Waals surface area contributed by atoms with Crippen LogP contribution in [0.3, 0.4) is 0 Å². The normalized spacial score (nSPS) is 12.5. The average Bonchev–Trinajstić information content (AvgIpc) is 3.21. The number of hydrogen-bond acceptors (Lipinski definition) is 6. The number of nitrogens with zero attached hydrogens (tertiary/aromatic N) is 1. The van der Waals surface area contributed by atoms with Crippen molar-refractivity contribution in [3.8, 4) is 0 Å². The third-order valence-electron chi connectivity index (χ3n) is 3.52. The molecule has 3 aromatic rings. The third kappa shape index (κ3) is 3.67. The summed E-state index contributed by atoms with van der Waals surface area (Å²) in [4.78, 5) is 35.9. The van der Waals surface area contributed by atoms with E-state index in [-0.39, 0.29) is 16.9 Å². The molecule has 0 bridgehead atoms. The standard InChI is InChI=1S/C18H13NO4S2/c1-19-16(10-13(20)14-3-2-8-24-14)25-15(17(19)21)9-11-4-6-12(7-5-11)18(22)23/h2-10H,1H3,(H,22,23)/p-1/b15-9+,16-10-. The number of rotatable bonds is 4. The molecular formula is C18H12NO4S2-. The zero-order chi connectivity index (χ0) is 18.0. The topological polar surface area (TPSA) is 79.2 Å². The Morgan fingerprint density at radius 3 is 2.48 bits per heavy atom. The number of ketones is 1. The van der Waals surface area contributed by atoms with Crippen molar-refractivity contribution in [2.24, 2.45) is 7.05 Å². The fraction of sp³-hybridized carbons (Fsp3) is 0.0556. The van der Waals surface area contributed by atoms with Crippen LogP contribution in [0.15, 0.2) is 46.6 Å². The van der Waals surface area contributed by atoms with Crippen molar-refractivity contribution in [1.29, 1.82) is 0 Å². The summed E-state index contributed by atoms with van der Waals surface area (Å²) >= 11 is 2.56. The van der Waals surface area contributed by atoms with Crippen LogP contribution < -0.4 is 19.9 Å². The van der Waals surface area contributed by atoms with Gasteiger partial charge in [0.15, 0.2) is 5.78 Å². The molecule has 0 unspecified atom stereocenters. The quantitative estimate of drug-likeness (QED) is 0.622.